The molecule has 172 valence electrons. The van der Waals surface area contributed by atoms with Gasteiger partial charge in [0.25, 0.3) is 0 Å². The molecular weight excluding hydrogens is 436 g/mol. The maximum atomic E-state index is 12.6. The van der Waals surface area contributed by atoms with Crippen LogP contribution in [-0.2, 0) is 24.0 Å². The van der Waals surface area contributed by atoms with Gasteiger partial charge >= 0.3 is 11.9 Å². The third-order valence-corrected chi connectivity index (χ3v) is 5.24. The molecule has 0 aliphatic rings. The van der Waals surface area contributed by atoms with Crippen molar-refractivity contribution in [3.63, 3.8) is 0 Å². The summed E-state index contributed by atoms with van der Waals surface area (Å²) in [4.78, 5) is 58.8. The third kappa shape index (κ3) is 11.3. The average Bonchev–Trinajstić information content (AvgIpc) is 2.66. The first kappa shape index (κ1) is 28.0. The molecule has 0 saturated heterocycles. The number of carbonyl (C=O) groups is 5. The highest BCUT2D eigenvalue weighted by molar-refractivity contribution is 7.98. The van der Waals surface area contributed by atoms with Gasteiger partial charge in [-0.05, 0) is 43.8 Å². The fourth-order valence-electron chi connectivity index (χ4n) is 2.23. The lowest BCUT2D eigenvalue weighted by atomic mass is 10.1. The molecule has 30 heavy (non-hydrogen) atoms. The Morgan fingerprint density at radius 2 is 1.33 bits per heavy atom. The number of carboxylic acids is 2. The summed E-state index contributed by atoms with van der Waals surface area (Å²) in [6.07, 6.45) is 3.54. The Bertz CT molecular complexity index is 621. The molecule has 0 bridgehead atoms. The predicted octanol–water partition coefficient (Wildman–Crippen LogP) is -1.15. The monoisotopic (exact) mass is 466 g/mol. The van der Waals surface area contributed by atoms with Crippen LogP contribution in [0.2, 0.25) is 0 Å². The highest BCUT2D eigenvalue weighted by atomic mass is 32.2. The summed E-state index contributed by atoms with van der Waals surface area (Å²) in [6.45, 7) is 1.36. The maximum absolute atomic E-state index is 12.6. The van der Waals surface area contributed by atoms with Crippen molar-refractivity contribution in [2.45, 2.75) is 50.4 Å². The Kier molecular flexibility index (Phi) is 13.9. The summed E-state index contributed by atoms with van der Waals surface area (Å²) in [5, 5.41) is 25.2. The van der Waals surface area contributed by atoms with Crippen molar-refractivity contribution >= 4 is 53.2 Å². The van der Waals surface area contributed by atoms with Gasteiger partial charge in [-0.25, -0.2) is 4.79 Å². The van der Waals surface area contributed by atoms with E-state index < -0.39 is 60.2 Å². The van der Waals surface area contributed by atoms with Crippen LogP contribution in [-0.4, -0.2) is 88.1 Å². The molecule has 13 heteroatoms. The standard InChI is InChI=1S/C17H30N4O7S2/c1-9(19-15(25)10(18)8-13(22)23)14(24)20-11(4-6-29-2)16(26)21-12(17(27)28)5-7-30-3/h9-12H,4-8,18H2,1-3H3,(H,19,25)(H,20,24)(H,21,26)(H,22,23)(H,27,28). The number of nitrogens with one attached hydrogen (secondary N) is 3. The van der Waals surface area contributed by atoms with Crippen molar-refractivity contribution in [1.29, 1.82) is 0 Å². The van der Waals surface area contributed by atoms with E-state index in [-0.39, 0.29) is 12.8 Å². The van der Waals surface area contributed by atoms with Gasteiger partial charge in [-0.3, -0.25) is 19.2 Å². The van der Waals surface area contributed by atoms with Crippen LogP contribution in [0.25, 0.3) is 0 Å². The molecule has 7 N–H and O–H groups in total. The Hall–Kier alpha value is -1.99. The SMILES string of the molecule is CSCCC(NC(=O)C(CCSC)NC(=O)C(C)NC(=O)C(N)CC(=O)O)C(=O)O. The molecule has 0 radical (unpaired) electrons. The van der Waals surface area contributed by atoms with Gasteiger partial charge in [-0.15, -0.1) is 0 Å². The zero-order valence-electron chi connectivity index (χ0n) is 17.2. The summed E-state index contributed by atoms with van der Waals surface area (Å²) in [6, 6.07) is -4.47. The van der Waals surface area contributed by atoms with Crippen LogP contribution in [0, 0.1) is 0 Å². The van der Waals surface area contributed by atoms with E-state index in [1.54, 1.807) is 0 Å². The minimum atomic E-state index is -1.32. The molecule has 0 spiro atoms. The quantitative estimate of drug-likeness (QED) is 0.172. The van der Waals surface area contributed by atoms with E-state index in [1.807, 2.05) is 12.5 Å². The van der Waals surface area contributed by atoms with Crippen molar-refractivity contribution in [2.24, 2.45) is 5.73 Å². The van der Waals surface area contributed by atoms with E-state index >= 15 is 0 Å². The molecule has 0 aromatic rings. The average molecular weight is 467 g/mol. The van der Waals surface area contributed by atoms with E-state index in [4.69, 9.17) is 10.8 Å². The second-order valence-corrected chi connectivity index (χ2v) is 8.43. The predicted molar refractivity (Wildman–Crippen MR) is 115 cm³/mol. The van der Waals surface area contributed by atoms with Crippen LogP contribution in [0.3, 0.4) is 0 Å². The highest BCUT2D eigenvalue weighted by Gasteiger charge is 2.28. The lowest BCUT2D eigenvalue weighted by Crippen LogP contribution is -2.56. The maximum Gasteiger partial charge on any atom is 0.326 e. The molecule has 3 amide bonds. The van der Waals surface area contributed by atoms with Crippen LogP contribution in [0.1, 0.15) is 26.2 Å². The number of aliphatic carboxylic acids is 2. The van der Waals surface area contributed by atoms with Crippen LogP contribution in [0.4, 0.5) is 0 Å². The van der Waals surface area contributed by atoms with Gasteiger partial charge < -0.3 is 31.9 Å². The van der Waals surface area contributed by atoms with Gasteiger partial charge in [0.05, 0.1) is 12.5 Å². The Balaban J connectivity index is 5.02. The number of thioether (sulfide) groups is 2. The van der Waals surface area contributed by atoms with E-state index in [9.17, 15) is 29.1 Å². The highest BCUT2D eigenvalue weighted by Crippen LogP contribution is 2.05. The lowest BCUT2D eigenvalue weighted by molar-refractivity contribution is -0.142. The van der Waals surface area contributed by atoms with Crippen molar-refractivity contribution in [3.8, 4) is 0 Å². The normalized spacial score (nSPS) is 14.7. The molecule has 0 aromatic carbocycles. The lowest BCUT2D eigenvalue weighted by Gasteiger charge is -2.23. The van der Waals surface area contributed by atoms with Gasteiger partial charge in [-0.2, -0.15) is 23.5 Å². The van der Waals surface area contributed by atoms with Gasteiger partial charge in [0.15, 0.2) is 0 Å². The molecule has 11 nitrogen and oxygen atoms in total. The number of hydrogen-bond acceptors (Lipinski definition) is 8. The van der Waals surface area contributed by atoms with E-state index in [2.05, 4.69) is 16.0 Å². The topological polar surface area (TPSA) is 188 Å². The third-order valence-electron chi connectivity index (χ3n) is 3.95. The van der Waals surface area contributed by atoms with Crippen LogP contribution in [0.15, 0.2) is 0 Å². The first-order chi connectivity index (χ1) is 14.0. The molecule has 0 aromatic heterocycles. The van der Waals surface area contributed by atoms with Crippen molar-refractivity contribution < 1.29 is 34.2 Å². The summed E-state index contributed by atoms with van der Waals surface area (Å²) in [5.74, 6) is -3.47. The number of amides is 3. The van der Waals surface area contributed by atoms with Crippen LogP contribution >= 0.6 is 23.5 Å². The van der Waals surface area contributed by atoms with Crippen LogP contribution < -0.4 is 21.7 Å². The van der Waals surface area contributed by atoms with Crippen LogP contribution in [0.5, 0.6) is 0 Å². The Labute approximate surface area is 183 Å². The molecule has 0 rings (SSSR count). The fourth-order valence-corrected chi connectivity index (χ4v) is 3.18. The molecular formula is C17H30N4O7S2. The summed E-state index contributed by atoms with van der Waals surface area (Å²) < 4.78 is 0. The largest absolute Gasteiger partial charge is 0.481 e. The van der Waals surface area contributed by atoms with Crippen molar-refractivity contribution in [3.05, 3.63) is 0 Å². The first-order valence-corrected chi connectivity index (χ1v) is 11.9. The van der Waals surface area contributed by atoms with Gasteiger partial charge in [0.1, 0.15) is 18.1 Å². The van der Waals surface area contributed by atoms with Crippen molar-refractivity contribution in [1.82, 2.24) is 16.0 Å². The van der Waals surface area contributed by atoms with Gasteiger partial charge in [-0.1, -0.05) is 0 Å². The second kappa shape index (κ2) is 14.9. The number of carboxylic acid groups (broad SMARTS) is 2. The molecule has 0 heterocycles. The molecule has 0 saturated carbocycles. The smallest absolute Gasteiger partial charge is 0.326 e. The summed E-state index contributed by atoms with van der Waals surface area (Å²) in [7, 11) is 0. The van der Waals surface area contributed by atoms with E-state index in [0.717, 1.165) is 0 Å². The van der Waals surface area contributed by atoms with Gasteiger partial charge in [0.2, 0.25) is 17.7 Å². The number of nitrogens with two attached hydrogens (primary N) is 1. The van der Waals surface area contributed by atoms with Crippen molar-refractivity contribution in [2.75, 3.05) is 24.0 Å². The summed E-state index contributed by atoms with van der Waals surface area (Å²) in [5.41, 5.74) is 5.46. The zero-order chi connectivity index (χ0) is 23.3. The Morgan fingerprint density at radius 3 is 1.80 bits per heavy atom. The minimum absolute atomic E-state index is 0.235. The van der Waals surface area contributed by atoms with E-state index in [1.165, 1.54) is 30.4 Å². The molecule has 0 fully saturated rings. The zero-order valence-corrected chi connectivity index (χ0v) is 18.8. The summed E-state index contributed by atoms with van der Waals surface area (Å²) >= 11 is 2.90. The molecule has 0 aliphatic heterocycles. The Morgan fingerprint density at radius 1 is 0.833 bits per heavy atom. The second-order valence-electron chi connectivity index (χ2n) is 6.46. The molecule has 4 unspecified atom stereocenters. The van der Waals surface area contributed by atoms with E-state index in [0.29, 0.717) is 11.5 Å². The number of carbonyl (C=O) groups excluding carboxylic acids is 3. The number of hydrogen-bond donors (Lipinski definition) is 6. The first-order valence-electron chi connectivity index (χ1n) is 9.12. The fraction of sp³-hybridized carbons (Fsp3) is 0.706. The molecule has 4 atom stereocenters. The van der Waals surface area contributed by atoms with Gasteiger partial charge in [0, 0.05) is 0 Å². The minimum Gasteiger partial charge on any atom is -0.481 e. The molecule has 0 aliphatic carbocycles. The number of rotatable bonds is 15.